The van der Waals surface area contributed by atoms with E-state index in [1.165, 1.54) is 4.90 Å². The lowest BCUT2D eigenvalue weighted by Crippen LogP contribution is -2.64. The molecule has 3 rings (SSSR count). The van der Waals surface area contributed by atoms with E-state index in [0.29, 0.717) is 5.96 Å². The molecule has 10 nitrogen and oxygen atoms in total. The Morgan fingerprint density at radius 1 is 1.52 bits per heavy atom. The van der Waals surface area contributed by atoms with Crippen molar-refractivity contribution in [2.24, 2.45) is 10.1 Å². The molecule has 2 aliphatic heterocycles. The number of nitrogens with zero attached hydrogens (tertiary/aromatic N) is 5. The smallest absolute Gasteiger partial charge is 0.325 e. The van der Waals surface area contributed by atoms with Gasteiger partial charge in [0.2, 0.25) is 5.96 Å². The summed E-state index contributed by atoms with van der Waals surface area (Å²) in [5, 5.41) is 16.1. The van der Waals surface area contributed by atoms with E-state index in [0.717, 1.165) is 5.56 Å². The maximum atomic E-state index is 12.2. The predicted octanol–water partition coefficient (Wildman–Crippen LogP) is -1.07. The van der Waals surface area contributed by atoms with Gasteiger partial charge in [0.25, 0.3) is 5.91 Å². The van der Waals surface area contributed by atoms with Crippen LogP contribution >= 0.6 is 0 Å². The Morgan fingerprint density at radius 2 is 2.32 bits per heavy atom. The van der Waals surface area contributed by atoms with Crippen molar-refractivity contribution < 1.29 is 14.7 Å². The van der Waals surface area contributed by atoms with Gasteiger partial charge in [-0.2, -0.15) is 5.10 Å². The van der Waals surface area contributed by atoms with Crippen LogP contribution in [0.25, 0.3) is 0 Å². The number of hydrazone groups is 1. The van der Waals surface area contributed by atoms with Gasteiger partial charge in [-0.3, -0.25) is 15.1 Å². The minimum absolute atomic E-state index is 0.171. The molecule has 3 unspecified atom stereocenters. The van der Waals surface area contributed by atoms with Gasteiger partial charge in [-0.1, -0.05) is 6.07 Å². The first-order chi connectivity index (χ1) is 12.0. The van der Waals surface area contributed by atoms with Crippen LogP contribution in [-0.2, 0) is 4.79 Å². The Balaban J connectivity index is 1.81. The van der Waals surface area contributed by atoms with Crippen molar-refractivity contribution in [2.45, 2.75) is 25.2 Å². The van der Waals surface area contributed by atoms with Gasteiger partial charge in [-0.05, 0) is 13.0 Å². The van der Waals surface area contributed by atoms with Crippen molar-refractivity contribution in [3.8, 4) is 0 Å². The van der Waals surface area contributed by atoms with Gasteiger partial charge < -0.3 is 14.9 Å². The first kappa shape index (κ1) is 16.8. The molecular weight excluding hydrogens is 326 g/mol. The number of hydrogen-bond acceptors (Lipinski definition) is 8. The minimum atomic E-state index is -0.714. The number of aliphatic imine (C=N–C) groups is 1. The van der Waals surface area contributed by atoms with Gasteiger partial charge in [0.05, 0.1) is 12.3 Å². The number of imide groups is 1. The number of nitrogens with one attached hydrogen (secondary N) is 2. The van der Waals surface area contributed by atoms with Crippen LogP contribution in [0.2, 0.25) is 0 Å². The van der Waals surface area contributed by atoms with E-state index in [-0.39, 0.29) is 6.54 Å². The molecule has 1 aromatic heterocycles. The van der Waals surface area contributed by atoms with Crippen molar-refractivity contribution in [1.82, 2.24) is 25.5 Å². The molecule has 0 saturated carbocycles. The third-order valence-corrected chi connectivity index (χ3v) is 3.88. The number of likely N-dealkylation sites (N-methyl/N-ethyl adjacent to an activating group) is 1. The number of aliphatic hydroxyl groups is 1. The van der Waals surface area contributed by atoms with Crippen LogP contribution in [0.1, 0.15) is 12.5 Å². The molecule has 0 aromatic carbocycles. The monoisotopic (exact) mass is 345 g/mol. The highest BCUT2D eigenvalue weighted by Gasteiger charge is 2.48. The maximum Gasteiger partial charge on any atom is 0.325 e. The van der Waals surface area contributed by atoms with Crippen LogP contribution in [0.3, 0.4) is 0 Å². The lowest BCUT2D eigenvalue weighted by molar-refractivity contribution is -0.127. The molecule has 0 aliphatic carbocycles. The third kappa shape index (κ3) is 3.43. The molecular formula is C15H19N7O3. The molecule has 1 saturated heterocycles. The van der Waals surface area contributed by atoms with Gasteiger partial charge in [0, 0.05) is 31.5 Å². The first-order valence-electron chi connectivity index (χ1n) is 7.76. The Hall–Kier alpha value is -3.01. The van der Waals surface area contributed by atoms with Gasteiger partial charge in [-0.15, -0.1) is 0 Å². The standard InChI is InChI=1S/C15H19N7O3/c1-9(23)8-22-11-12(21(2)15(25)19-13(11)24)18-14(22)20-17-7-10-4-3-5-16-6-10/h3-7,9,11-12,23H,8H2,1-2H3,(H,18,20)(H,19,24,25)/b17-7+. The number of carbonyl (C=O) groups is 2. The number of urea groups is 1. The first-order valence-corrected chi connectivity index (χ1v) is 7.76. The molecule has 132 valence electrons. The minimum Gasteiger partial charge on any atom is -0.392 e. The van der Waals surface area contributed by atoms with Gasteiger partial charge in [0.15, 0.2) is 12.2 Å². The Kier molecular flexibility index (Phi) is 4.61. The molecule has 25 heavy (non-hydrogen) atoms. The summed E-state index contributed by atoms with van der Waals surface area (Å²) < 4.78 is 0. The van der Waals surface area contributed by atoms with Crippen LogP contribution in [0, 0.1) is 0 Å². The summed E-state index contributed by atoms with van der Waals surface area (Å²) in [6, 6.07) is 2.40. The van der Waals surface area contributed by atoms with Crippen LogP contribution in [0.15, 0.2) is 34.6 Å². The molecule has 3 atom stereocenters. The van der Waals surface area contributed by atoms with E-state index < -0.39 is 30.2 Å². The van der Waals surface area contributed by atoms with Crippen LogP contribution in [0.4, 0.5) is 4.79 Å². The third-order valence-electron chi connectivity index (χ3n) is 3.88. The number of rotatable bonds is 4. The van der Waals surface area contributed by atoms with E-state index in [1.54, 1.807) is 43.5 Å². The van der Waals surface area contributed by atoms with Crippen LogP contribution in [0.5, 0.6) is 0 Å². The van der Waals surface area contributed by atoms with E-state index in [9.17, 15) is 14.7 Å². The molecule has 0 radical (unpaired) electrons. The second-order valence-electron chi connectivity index (χ2n) is 5.87. The van der Waals surface area contributed by atoms with Gasteiger partial charge >= 0.3 is 6.03 Å². The number of carbonyl (C=O) groups excluding carboxylic acids is 2. The van der Waals surface area contributed by atoms with Gasteiger partial charge in [0.1, 0.15) is 0 Å². The molecule has 0 bridgehead atoms. The quantitative estimate of drug-likeness (QED) is 0.472. The Bertz CT molecular complexity index is 719. The molecule has 1 aromatic rings. The normalized spacial score (nSPS) is 24.2. The van der Waals surface area contributed by atoms with Crippen molar-refractivity contribution in [3.05, 3.63) is 30.1 Å². The fraction of sp³-hybridized carbons (Fsp3) is 0.400. The summed E-state index contributed by atoms with van der Waals surface area (Å²) in [7, 11) is 1.56. The number of amides is 3. The maximum absolute atomic E-state index is 12.2. The lowest BCUT2D eigenvalue weighted by Gasteiger charge is -2.36. The second-order valence-corrected chi connectivity index (χ2v) is 5.87. The highest BCUT2D eigenvalue weighted by atomic mass is 16.3. The van der Waals surface area contributed by atoms with Crippen LogP contribution < -0.4 is 10.7 Å². The van der Waals surface area contributed by atoms with Crippen LogP contribution in [-0.4, -0.2) is 75.9 Å². The summed E-state index contributed by atoms with van der Waals surface area (Å²) in [4.78, 5) is 35.3. The molecule has 0 spiro atoms. The molecule has 3 amide bonds. The van der Waals surface area contributed by atoms with E-state index in [2.05, 4.69) is 25.8 Å². The average Bonchev–Trinajstić information content (AvgIpc) is 2.92. The molecule has 3 N–H and O–H groups in total. The summed E-state index contributed by atoms with van der Waals surface area (Å²) in [5.74, 6) is -0.140. The SMILES string of the molecule is CC(O)CN1C(N/N=C/c2cccnc2)=NC2C1C(=O)NC(=O)N2C. The van der Waals surface area contributed by atoms with Crippen molar-refractivity contribution >= 4 is 24.1 Å². The summed E-state index contributed by atoms with van der Waals surface area (Å²) in [6.45, 7) is 1.78. The number of hydrogen-bond donors (Lipinski definition) is 3. The summed E-state index contributed by atoms with van der Waals surface area (Å²) >= 11 is 0. The largest absolute Gasteiger partial charge is 0.392 e. The molecule has 3 heterocycles. The number of guanidine groups is 1. The zero-order valence-electron chi connectivity index (χ0n) is 13.8. The molecule has 1 fully saturated rings. The lowest BCUT2D eigenvalue weighted by atomic mass is 10.1. The van der Waals surface area contributed by atoms with E-state index in [1.807, 2.05) is 6.07 Å². The summed E-state index contributed by atoms with van der Waals surface area (Å²) in [6.07, 6.45) is 3.51. The Morgan fingerprint density at radius 3 is 3.00 bits per heavy atom. The predicted molar refractivity (Wildman–Crippen MR) is 89.7 cm³/mol. The number of fused-ring (bicyclic) bond motifs is 1. The van der Waals surface area contributed by atoms with Crippen molar-refractivity contribution in [3.63, 3.8) is 0 Å². The Labute approximate surface area is 144 Å². The molecule has 2 aliphatic rings. The van der Waals surface area contributed by atoms with E-state index >= 15 is 0 Å². The van der Waals surface area contributed by atoms with Gasteiger partial charge in [-0.25, -0.2) is 15.2 Å². The zero-order chi connectivity index (χ0) is 18.0. The molecule has 10 heteroatoms. The summed E-state index contributed by atoms with van der Waals surface area (Å²) in [5.41, 5.74) is 3.58. The zero-order valence-corrected chi connectivity index (χ0v) is 13.8. The number of aliphatic hydroxyl groups excluding tert-OH is 1. The van der Waals surface area contributed by atoms with Crippen molar-refractivity contribution in [2.75, 3.05) is 13.6 Å². The topological polar surface area (TPSA) is 123 Å². The fourth-order valence-electron chi connectivity index (χ4n) is 2.72. The average molecular weight is 345 g/mol. The second kappa shape index (κ2) is 6.85. The fourth-order valence-corrected chi connectivity index (χ4v) is 2.72. The highest BCUT2D eigenvalue weighted by molar-refractivity contribution is 6.03. The number of pyridine rings is 1. The van der Waals surface area contributed by atoms with E-state index in [4.69, 9.17) is 0 Å². The number of aromatic nitrogens is 1. The number of β-amino-alcohol motifs (C(OH)–C–C–N with tert-alkyl or cyclic N) is 1. The van der Waals surface area contributed by atoms with Crippen molar-refractivity contribution in [1.29, 1.82) is 0 Å². The highest BCUT2D eigenvalue weighted by Crippen LogP contribution is 2.23.